The highest BCUT2D eigenvalue weighted by Gasteiger charge is 2.47. The van der Waals surface area contributed by atoms with E-state index in [1.54, 1.807) is 0 Å². The van der Waals surface area contributed by atoms with Crippen LogP contribution in [0.3, 0.4) is 0 Å². The van der Waals surface area contributed by atoms with E-state index in [1.807, 2.05) is 13.8 Å². The standard InChI is InChI=1S/C10H18O2/c1-4-5-6-12-9-7-8(11)10(9,2)3/h9H,4-7H2,1-3H3/t9-/m0/s1. The third-order valence-corrected chi connectivity index (χ3v) is 2.71. The van der Waals surface area contributed by atoms with Gasteiger partial charge in [-0.15, -0.1) is 0 Å². The first kappa shape index (κ1) is 9.72. The summed E-state index contributed by atoms with van der Waals surface area (Å²) in [6.07, 6.45) is 3.05. The number of ether oxygens (including phenoxy) is 1. The lowest BCUT2D eigenvalue weighted by molar-refractivity contribution is -0.158. The van der Waals surface area contributed by atoms with Crippen molar-refractivity contribution in [2.75, 3.05) is 6.61 Å². The Hall–Kier alpha value is -0.370. The molecule has 0 heterocycles. The summed E-state index contributed by atoms with van der Waals surface area (Å²) in [4.78, 5) is 11.1. The molecular weight excluding hydrogens is 152 g/mol. The zero-order valence-corrected chi connectivity index (χ0v) is 8.22. The molecule has 1 aliphatic rings. The molecule has 1 aliphatic carbocycles. The molecule has 2 nitrogen and oxygen atoms in total. The van der Waals surface area contributed by atoms with Crippen LogP contribution in [-0.4, -0.2) is 18.5 Å². The van der Waals surface area contributed by atoms with Gasteiger partial charge in [-0.3, -0.25) is 4.79 Å². The molecule has 0 spiro atoms. The van der Waals surface area contributed by atoms with Crippen LogP contribution in [0.25, 0.3) is 0 Å². The average molecular weight is 170 g/mol. The van der Waals surface area contributed by atoms with Crippen molar-refractivity contribution in [2.24, 2.45) is 5.41 Å². The summed E-state index contributed by atoms with van der Waals surface area (Å²) in [5.74, 6) is 0.337. The lowest BCUT2D eigenvalue weighted by Gasteiger charge is -2.41. The molecule has 0 bridgehead atoms. The van der Waals surface area contributed by atoms with Gasteiger partial charge in [0.25, 0.3) is 0 Å². The van der Waals surface area contributed by atoms with Crippen LogP contribution >= 0.6 is 0 Å². The fraction of sp³-hybridized carbons (Fsp3) is 0.900. The highest BCUT2D eigenvalue weighted by atomic mass is 16.5. The van der Waals surface area contributed by atoms with E-state index in [9.17, 15) is 4.79 Å². The number of rotatable bonds is 4. The van der Waals surface area contributed by atoms with Gasteiger partial charge in [-0.1, -0.05) is 27.2 Å². The summed E-state index contributed by atoms with van der Waals surface area (Å²) in [5, 5.41) is 0. The van der Waals surface area contributed by atoms with Crippen LogP contribution < -0.4 is 0 Å². The van der Waals surface area contributed by atoms with Crippen molar-refractivity contribution < 1.29 is 9.53 Å². The Balaban J connectivity index is 2.23. The molecule has 1 fully saturated rings. The number of unbranched alkanes of at least 4 members (excludes halogenated alkanes) is 1. The average Bonchev–Trinajstić information content (AvgIpc) is 2.04. The number of Topliss-reactive ketones (excluding diaryl/α,β-unsaturated/α-hetero) is 1. The molecule has 0 radical (unpaired) electrons. The summed E-state index contributed by atoms with van der Waals surface area (Å²) in [6.45, 7) is 6.88. The maximum absolute atomic E-state index is 11.1. The van der Waals surface area contributed by atoms with Crippen LogP contribution in [0, 0.1) is 5.41 Å². The van der Waals surface area contributed by atoms with Gasteiger partial charge in [0.05, 0.1) is 11.5 Å². The van der Waals surface area contributed by atoms with E-state index in [2.05, 4.69) is 6.92 Å². The van der Waals surface area contributed by atoms with Crippen molar-refractivity contribution in [3.63, 3.8) is 0 Å². The molecule has 0 N–H and O–H groups in total. The third-order valence-electron chi connectivity index (χ3n) is 2.71. The first-order valence-electron chi connectivity index (χ1n) is 4.74. The quantitative estimate of drug-likeness (QED) is 0.604. The zero-order valence-electron chi connectivity index (χ0n) is 8.22. The summed E-state index contributed by atoms with van der Waals surface area (Å²) >= 11 is 0. The van der Waals surface area contributed by atoms with Crippen LogP contribution in [0.4, 0.5) is 0 Å². The second kappa shape index (κ2) is 3.56. The molecule has 12 heavy (non-hydrogen) atoms. The smallest absolute Gasteiger partial charge is 0.143 e. The van der Waals surface area contributed by atoms with Gasteiger partial charge in [-0.25, -0.2) is 0 Å². The fourth-order valence-corrected chi connectivity index (χ4v) is 1.37. The predicted molar refractivity (Wildman–Crippen MR) is 48.1 cm³/mol. The van der Waals surface area contributed by atoms with Gasteiger partial charge in [0.2, 0.25) is 0 Å². The Morgan fingerprint density at radius 3 is 2.67 bits per heavy atom. The first-order valence-corrected chi connectivity index (χ1v) is 4.74. The fourth-order valence-electron chi connectivity index (χ4n) is 1.37. The molecule has 0 aromatic heterocycles. The lowest BCUT2D eigenvalue weighted by atomic mass is 9.68. The molecule has 0 saturated heterocycles. The molecule has 2 heteroatoms. The lowest BCUT2D eigenvalue weighted by Crippen LogP contribution is -2.51. The van der Waals surface area contributed by atoms with Crippen molar-refractivity contribution in [1.29, 1.82) is 0 Å². The highest BCUT2D eigenvalue weighted by molar-refractivity contribution is 5.91. The Kier molecular flexibility index (Phi) is 2.89. The van der Waals surface area contributed by atoms with Gasteiger partial charge in [0, 0.05) is 13.0 Å². The highest BCUT2D eigenvalue weighted by Crippen LogP contribution is 2.38. The molecular formula is C10H18O2. The van der Waals surface area contributed by atoms with E-state index >= 15 is 0 Å². The summed E-state index contributed by atoms with van der Waals surface area (Å²) < 4.78 is 5.58. The van der Waals surface area contributed by atoms with Crippen LogP contribution in [0.1, 0.15) is 40.0 Å². The minimum Gasteiger partial charge on any atom is -0.377 e. The van der Waals surface area contributed by atoms with Crippen molar-refractivity contribution in [3.8, 4) is 0 Å². The van der Waals surface area contributed by atoms with Crippen molar-refractivity contribution >= 4 is 5.78 Å². The molecule has 1 atom stereocenters. The summed E-state index contributed by atoms with van der Waals surface area (Å²) in [5.41, 5.74) is -0.215. The molecule has 0 aliphatic heterocycles. The van der Waals surface area contributed by atoms with Gasteiger partial charge in [0.15, 0.2) is 0 Å². The number of ketones is 1. The second-order valence-electron chi connectivity index (χ2n) is 4.06. The normalized spacial score (nSPS) is 26.9. The Bertz CT molecular complexity index is 173. The van der Waals surface area contributed by atoms with Crippen LogP contribution in [0.2, 0.25) is 0 Å². The zero-order chi connectivity index (χ0) is 9.19. The topological polar surface area (TPSA) is 26.3 Å². The van der Waals surface area contributed by atoms with Crippen molar-refractivity contribution in [3.05, 3.63) is 0 Å². The molecule has 1 rings (SSSR count). The first-order chi connectivity index (χ1) is 5.59. The van der Waals surface area contributed by atoms with Gasteiger partial charge in [0.1, 0.15) is 5.78 Å². The van der Waals surface area contributed by atoms with Crippen molar-refractivity contribution in [1.82, 2.24) is 0 Å². The Labute approximate surface area is 74.3 Å². The summed E-state index contributed by atoms with van der Waals surface area (Å²) in [7, 11) is 0. The van der Waals surface area contributed by atoms with Crippen molar-refractivity contribution in [2.45, 2.75) is 46.1 Å². The maximum Gasteiger partial charge on any atom is 0.143 e. The van der Waals surface area contributed by atoms with E-state index < -0.39 is 0 Å². The molecule has 1 saturated carbocycles. The van der Waals surface area contributed by atoms with E-state index in [0.29, 0.717) is 12.2 Å². The minimum absolute atomic E-state index is 0.177. The van der Waals surface area contributed by atoms with Crippen LogP contribution in [0.15, 0.2) is 0 Å². The molecule has 0 unspecified atom stereocenters. The Morgan fingerprint density at radius 1 is 1.58 bits per heavy atom. The number of carbonyl (C=O) groups excluding carboxylic acids is 1. The van der Waals surface area contributed by atoms with Gasteiger partial charge in [-0.05, 0) is 6.42 Å². The predicted octanol–water partition coefficient (Wildman–Crippen LogP) is 2.17. The molecule has 70 valence electrons. The maximum atomic E-state index is 11.1. The Morgan fingerprint density at radius 2 is 2.25 bits per heavy atom. The van der Waals surface area contributed by atoms with E-state index in [1.165, 1.54) is 0 Å². The largest absolute Gasteiger partial charge is 0.377 e. The number of hydrogen-bond donors (Lipinski definition) is 0. The minimum atomic E-state index is -0.215. The number of hydrogen-bond acceptors (Lipinski definition) is 2. The second-order valence-corrected chi connectivity index (χ2v) is 4.06. The number of carbonyl (C=O) groups is 1. The molecule has 0 aromatic carbocycles. The summed E-state index contributed by atoms with van der Waals surface area (Å²) in [6, 6.07) is 0. The van der Waals surface area contributed by atoms with E-state index in [4.69, 9.17) is 4.74 Å². The van der Waals surface area contributed by atoms with Gasteiger partial charge < -0.3 is 4.74 Å². The van der Waals surface area contributed by atoms with Crippen LogP contribution in [-0.2, 0) is 9.53 Å². The van der Waals surface area contributed by atoms with E-state index in [0.717, 1.165) is 19.4 Å². The van der Waals surface area contributed by atoms with Crippen LogP contribution in [0.5, 0.6) is 0 Å². The van der Waals surface area contributed by atoms with E-state index in [-0.39, 0.29) is 11.5 Å². The van der Waals surface area contributed by atoms with Gasteiger partial charge >= 0.3 is 0 Å². The third kappa shape index (κ3) is 1.69. The molecule has 0 amide bonds. The monoisotopic (exact) mass is 170 g/mol. The van der Waals surface area contributed by atoms with Gasteiger partial charge in [-0.2, -0.15) is 0 Å². The SMILES string of the molecule is CCCCO[C@H]1CC(=O)C1(C)C. The molecule has 0 aromatic rings.